The van der Waals surface area contributed by atoms with Crippen molar-refractivity contribution in [1.29, 1.82) is 0 Å². The van der Waals surface area contributed by atoms with E-state index in [-0.39, 0.29) is 28.4 Å². The van der Waals surface area contributed by atoms with E-state index >= 15 is 0 Å². The Labute approximate surface area is 262 Å². The minimum absolute atomic E-state index is 0.0146. The van der Waals surface area contributed by atoms with Gasteiger partial charge in [0.15, 0.2) is 0 Å². The highest BCUT2D eigenvalue weighted by atomic mass is 28.4. The number of carbonyl (C=O) groups excluding carboxylic acids is 1. The molecule has 0 heterocycles. The summed E-state index contributed by atoms with van der Waals surface area (Å²) in [6, 6.07) is 12.3. The van der Waals surface area contributed by atoms with Crippen molar-refractivity contribution in [3.05, 3.63) is 53.6 Å². The highest BCUT2D eigenvalue weighted by Crippen LogP contribution is 2.41. The molecule has 242 valence electrons. The summed E-state index contributed by atoms with van der Waals surface area (Å²) in [5.41, 5.74) is 0.887. The summed E-state index contributed by atoms with van der Waals surface area (Å²) in [4.78, 5) is 15.0. The van der Waals surface area contributed by atoms with Crippen LogP contribution in [0.15, 0.2) is 42.5 Å². The highest BCUT2D eigenvalue weighted by molar-refractivity contribution is 6.75. The normalized spacial score (nSPS) is 14.6. The quantitative estimate of drug-likeness (QED) is 0.254. The van der Waals surface area contributed by atoms with E-state index < -0.39 is 34.4 Å². The predicted octanol–water partition coefficient (Wildman–Crippen LogP) is 9.06. The molecule has 2 N–H and O–H groups in total. The molecule has 43 heavy (non-hydrogen) atoms. The van der Waals surface area contributed by atoms with Crippen molar-refractivity contribution >= 4 is 22.7 Å². The average molecular weight is 632 g/mol. The lowest BCUT2D eigenvalue weighted by molar-refractivity contribution is 0.00546. The first-order valence-electron chi connectivity index (χ1n) is 15.3. The fourth-order valence-corrected chi connectivity index (χ4v) is 5.96. The number of ether oxygens (including phenoxy) is 1. The molecule has 0 radical (unpaired) electrons. The van der Waals surface area contributed by atoms with Crippen LogP contribution in [0.2, 0.25) is 36.3 Å². The van der Waals surface area contributed by atoms with Gasteiger partial charge in [0, 0.05) is 12.1 Å². The van der Waals surface area contributed by atoms with Gasteiger partial charge in [-0.3, -0.25) is 0 Å². The first kappa shape index (κ1) is 36.7. The van der Waals surface area contributed by atoms with Crippen molar-refractivity contribution in [2.24, 2.45) is 0 Å². The Hall–Kier alpha value is -2.50. The van der Waals surface area contributed by atoms with Gasteiger partial charge in [0.1, 0.15) is 22.8 Å². The lowest BCUT2D eigenvalue weighted by Gasteiger charge is -2.38. The van der Waals surface area contributed by atoms with Gasteiger partial charge in [0.2, 0.25) is 16.6 Å². The van der Waals surface area contributed by atoms with Gasteiger partial charge in [-0.1, -0.05) is 53.7 Å². The molecular weight excluding hydrogens is 575 g/mol. The zero-order valence-electron chi connectivity index (χ0n) is 29.1. The molecule has 2 atom stereocenters. The fraction of sp³-hybridized carbons (Fsp3) is 0.618. The van der Waals surface area contributed by atoms with E-state index in [1.807, 2.05) is 58.0 Å². The predicted molar refractivity (Wildman–Crippen MR) is 181 cm³/mol. The Morgan fingerprint density at radius 3 is 1.65 bits per heavy atom. The second-order valence-corrected chi connectivity index (χ2v) is 25.3. The number of hydrogen-bond acceptors (Lipinski definition) is 6. The zero-order valence-corrected chi connectivity index (χ0v) is 31.1. The third-order valence-electron chi connectivity index (χ3n) is 8.64. The average Bonchev–Trinajstić information content (AvgIpc) is 2.80. The molecule has 0 bridgehead atoms. The number of amides is 1. The summed E-state index contributed by atoms with van der Waals surface area (Å²) in [7, 11) is -4.38. The van der Waals surface area contributed by atoms with Crippen LogP contribution in [0.5, 0.6) is 17.2 Å². The molecule has 2 unspecified atom stereocenters. The minimum atomic E-state index is -2.19. The SMILES string of the molecule is CC(Cc1ccc(O)cc1)N(CC(O)c1cc(O[Si](C)(C)C(C)(C)C)cc(O[Si](C)(C)C(C)(C)C)c1)C(=O)OC(C)(C)C. The van der Waals surface area contributed by atoms with Crippen molar-refractivity contribution in [3.8, 4) is 17.2 Å². The Kier molecular flexibility index (Phi) is 11.3. The van der Waals surface area contributed by atoms with Gasteiger partial charge >= 0.3 is 6.09 Å². The van der Waals surface area contributed by atoms with Crippen LogP contribution in [0.25, 0.3) is 0 Å². The molecule has 2 aromatic carbocycles. The Bertz CT molecular complexity index is 1180. The van der Waals surface area contributed by atoms with Gasteiger partial charge in [-0.15, -0.1) is 0 Å². The van der Waals surface area contributed by atoms with Gasteiger partial charge in [-0.2, -0.15) is 0 Å². The van der Waals surface area contributed by atoms with Crippen molar-refractivity contribution in [2.45, 2.75) is 130 Å². The summed E-state index contributed by atoms with van der Waals surface area (Å²) in [6.45, 7) is 29.4. The number of benzene rings is 2. The van der Waals surface area contributed by atoms with E-state index in [0.717, 1.165) is 5.56 Å². The molecule has 0 saturated heterocycles. The number of aromatic hydroxyl groups is 1. The number of phenols is 1. The van der Waals surface area contributed by atoms with Crippen LogP contribution in [0.4, 0.5) is 4.79 Å². The first-order chi connectivity index (χ1) is 19.3. The maximum absolute atomic E-state index is 13.5. The van der Waals surface area contributed by atoms with E-state index in [9.17, 15) is 15.0 Å². The molecule has 0 aliphatic rings. The van der Waals surface area contributed by atoms with Gasteiger partial charge in [0.05, 0.1) is 12.6 Å². The monoisotopic (exact) mass is 631 g/mol. The molecule has 0 spiro atoms. The molecule has 0 aliphatic carbocycles. The van der Waals surface area contributed by atoms with Crippen molar-refractivity contribution < 1.29 is 28.6 Å². The number of rotatable bonds is 10. The summed E-state index contributed by atoms with van der Waals surface area (Å²) in [6.07, 6.45) is -0.982. The zero-order chi connectivity index (χ0) is 33.2. The van der Waals surface area contributed by atoms with E-state index in [4.69, 9.17) is 13.6 Å². The molecule has 1 amide bonds. The van der Waals surface area contributed by atoms with Crippen LogP contribution in [-0.2, 0) is 11.2 Å². The molecular formula is C34H57NO6Si2. The van der Waals surface area contributed by atoms with Crippen LogP contribution < -0.4 is 8.85 Å². The second-order valence-electron chi connectivity index (χ2n) is 15.8. The molecule has 0 saturated carbocycles. The number of phenolic OH excluding ortho intramolecular Hbond substituents is 1. The Balaban J connectivity index is 2.52. The maximum Gasteiger partial charge on any atom is 0.410 e. The smallest absolute Gasteiger partial charge is 0.410 e. The molecule has 0 fully saturated rings. The summed E-state index contributed by atoms with van der Waals surface area (Å²) in [5, 5.41) is 21.4. The molecule has 0 aliphatic heterocycles. The Morgan fingerprint density at radius 1 is 0.814 bits per heavy atom. The van der Waals surface area contributed by atoms with Crippen LogP contribution in [0, 0.1) is 0 Å². The van der Waals surface area contributed by atoms with Gasteiger partial charge in [-0.05, 0) is 106 Å². The largest absolute Gasteiger partial charge is 0.543 e. The third-order valence-corrected chi connectivity index (χ3v) is 17.4. The number of aliphatic hydroxyl groups excluding tert-OH is 1. The van der Waals surface area contributed by atoms with E-state index in [1.54, 1.807) is 17.0 Å². The van der Waals surface area contributed by atoms with Gasteiger partial charge in [-0.25, -0.2) is 4.79 Å². The van der Waals surface area contributed by atoms with Crippen LogP contribution >= 0.6 is 0 Å². The molecule has 9 heteroatoms. The molecule has 0 aromatic heterocycles. The van der Waals surface area contributed by atoms with Crippen LogP contribution in [0.3, 0.4) is 0 Å². The summed E-state index contributed by atoms with van der Waals surface area (Å²) in [5.74, 6) is 1.52. The highest BCUT2D eigenvalue weighted by Gasteiger charge is 2.41. The minimum Gasteiger partial charge on any atom is -0.543 e. The van der Waals surface area contributed by atoms with E-state index in [2.05, 4.69) is 67.7 Å². The summed E-state index contributed by atoms with van der Waals surface area (Å²) < 4.78 is 19.1. The van der Waals surface area contributed by atoms with Crippen molar-refractivity contribution in [2.75, 3.05) is 6.54 Å². The fourth-order valence-electron chi connectivity index (χ4n) is 3.93. The lowest BCUT2D eigenvalue weighted by Crippen LogP contribution is -2.45. The van der Waals surface area contributed by atoms with Crippen LogP contribution in [0.1, 0.15) is 86.5 Å². The molecule has 7 nitrogen and oxygen atoms in total. The number of aliphatic hydroxyl groups is 1. The van der Waals surface area contributed by atoms with Gasteiger partial charge in [0.25, 0.3) is 0 Å². The number of carbonyl (C=O) groups is 1. The Morgan fingerprint density at radius 2 is 1.26 bits per heavy atom. The second kappa shape index (κ2) is 13.2. The van der Waals surface area contributed by atoms with E-state index in [0.29, 0.717) is 23.5 Å². The molecule has 2 aromatic rings. The third kappa shape index (κ3) is 10.6. The molecule has 2 rings (SSSR count). The maximum atomic E-state index is 13.5. The summed E-state index contributed by atoms with van der Waals surface area (Å²) >= 11 is 0. The van der Waals surface area contributed by atoms with Crippen molar-refractivity contribution in [1.82, 2.24) is 4.90 Å². The van der Waals surface area contributed by atoms with E-state index in [1.165, 1.54) is 0 Å². The van der Waals surface area contributed by atoms with Gasteiger partial charge < -0.3 is 28.7 Å². The number of hydrogen-bond donors (Lipinski definition) is 2. The van der Waals surface area contributed by atoms with Crippen molar-refractivity contribution in [3.63, 3.8) is 0 Å². The standard InChI is InChI=1S/C34H57NO6Si2/c1-24(19-25-15-17-27(36)18-16-25)35(31(38)39-32(2,3)4)23-30(37)26-20-28(40-42(11,12)33(5,6)7)22-29(21-26)41-43(13,14)34(8,9)10/h15-18,20-22,24,30,36-37H,19,23H2,1-14H3. The first-order valence-corrected chi connectivity index (χ1v) is 21.1. The lowest BCUT2D eigenvalue weighted by atomic mass is 10.0. The topological polar surface area (TPSA) is 88.5 Å². The van der Waals surface area contributed by atoms with Crippen LogP contribution in [-0.4, -0.2) is 56.0 Å². The number of nitrogens with zero attached hydrogens (tertiary/aromatic N) is 1.